The van der Waals surface area contributed by atoms with Gasteiger partial charge in [0, 0.05) is 28.3 Å². The number of hydrogen-bond acceptors (Lipinski definition) is 2. The van der Waals surface area contributed by atoms with E-state index in [1.807, 2.05) is 12.1 Å². The van der Waals surface area contributed by atoms with Crippen molar-refractivity contribution in [2.75, 3.05) is 11.4 Å². The second kappa shape index (κ2) is 4.58. The van der Waals surface area contributed by atoms with Gasteiger partial charge in [-0.25, -0.2) is 0 Å². The number of anilines is 1. The highest BCUT2D eigenvalue weighted by Gasteiger charge is 2.29. The number of nitrogens with zero attached hydrogens (tertiary/aromatic N) is 1. The lowest BCUT2D eigenvalue weighted by Gasteiger charge is -2.25. The van der Waals surface area contributed by atoms with Crippen LogP contribution in [0.3, 0.4) is 0 Å². The zero-order valence-corrected chi connectivity index (χ0v) is 11.3. The first-order valence-corrected chi connectivity index (χ1v) is 6.50. The fourth-order valence-electron chi connectivity index (χ4n) is 2.05. The van der Waals surface area contributed by atoms with E-state index in [4.69, 9.17) is 0 Å². The maximum Gasteiger partial charge on any atom is 0.161 e. The van der Waals surface area contributed by atoms with E-state index in [0.29, 0.717) is 6.04 Å². The van der Waals surface area contributed by atoms with Gasteiger partial charge in [-0.15, -0.1) is 0 Å². The molecule has 1 aromatic rings. The van der Waals surface area contributed by atoms with Gasteiger partial charge in [-0.3, -0.25) is 4.79 Å². The Morgan fingerprint density at radius 2 is 2.19 bits per heavy atom. The fourth-order valence-corrected chi connectivity index (χ4v) is 2.40. The molecule has 2 nitrogen and oxygen atoms in total. The van der Waals surface area contributed by atoms with Gasteiger partial charge in [0.1, 0.15) is 0 Å². The molecule has 86 valence electrons. The minimum Gasteiger partial charge on any atom is -0.368 e. The quantitative estimate of drug-likeness (QED) is 0.786. The average molecular weight is 282 g/mol. The minimum absolute atomic E-state index is 0.140. The van der Waals surface area contributed by atoms with Crippen molar-refractivity contribution in [3.8, 4) is 0 Å². The van der Waals surface area contributed by atoms with Gasteiger partial charge in [0.2, 0.25) is 0 Å². The molecule has 1 saturated carbocycles. The van der Waals surface area contributed by atoms with E-state index < -0.39 is 0 Å². The molecule has 0 bridgehead atoms. The second-order valence-electron chi connectivity index (χ2n) is 4.23. The Labute approximate surface area is 105 Å². The van der Waals surface area contributed by atoms with Gasteiger partial charge in [0.25, 0.3) is 0 Å². The summed E-state index contributed by atoms with van der Waals surface area (Å²) in [6.07, 6.45) is 2.50. The van der Waals surface area contributed by atoms with Gasteiger partial charge in [-0.05, 0) is 44.9 Å². The van der Waals surface area contributed by atoms with Crippen LogP contribution >= 0.6 is 15.9 Å². The highest BCUT2D eigenvalue weighted by molar-refractivity contribution is 9.10. The summed E-state index contributed by atoms with van der Waals surface area (Å²) in [6.45, 7) is 4.73. The minimum atomic E-state index is 0.140. The predicted octanol–water partition coefficient (Wildman–Crippen LogP) is 3.64. The van der Waals surface area contributed by atoms with Crippen LogP contribution in [0.25, 0.3) is 0 Å². The SMILES string of the molecule is CCN(c1cc(Br)ccc1C(C)=O)C1CC1. The lowest BCUT2D eigenvalue weighted by molar-refractivity contribution is 0.101. The molecule has 0 amide bonds. The van der Waals surface area contributed by atoms with Crippen molar-refractivity contribution in [3.05, 3.63) is 28.2 Å². The number of benzene rings is 1. The molecule has 16 heavy (non-hydrogen) atoms. The Bertz CT molecular complexity index is 412. The van der Waals surface area contributed by atoms with Crippen molar-refractivity contribution in [2.45, 2.75) is 32.7 Å². The summed E-state index contributed by atoms with van der Waals surface area (Å²) in [4.78, 5) is 13.9. The molecule has 3 heteroatoms. The largest absolute Gasteiger partial charge is 0.368 e. The van der Waals surface area contributed by atoms with E-state index >= 15 is 0 Å². The van der Waals surface area contributed by atoms with Crippen LogP contribution in [0.4, 0.5) is 5.69 Å². The van der Waals surface area contributed by atoms with Gasteiger partial charge in [0.05, 0.1) is 0 Å². The van der Waals surface area contributed by atoms with Crippen molar-refractivity contribution >= 4 is 27.4 Å². The first kappa shape index (κ1) is 11.6. The van der Waals surface area contributed by atoms with Crippen molar-refractivity contribution in [1.29, 1.82) is 0 Å². The fraction of sp³-hybridized carbons (Fsp3) is 0.462. The summed E-state index contributed by atoms with van der Waals surface area (Å²) >= 11 is 3.47. The molecular formula is C13H16BrNO. The molecule has 0 N–H and O–H groups in total. The highest BCUT2D eigenvalue weighted by atomic mass is 79.9. The molecule has 0 atom stereocenters. The lowest BCUT2D eigenvalue weighted by atomic mass is 10.1. The third kappa shape index (κ3) is 2.29. The standard InChI is InChI=1S/C13H16BrNO/c1-3-15(11-5-6-11)13-8-10(14)4-7-12(13)9(2)16/h4,7-8,11H,3,5-6H2,1-2H3. The lowest BCUT2D eigenvalue weighted by Crippen LogP contribution is -2.26. The van der Waals surface area contributed by atoms with Gasteiger partial charge >= 0.3 is 0 Å². The van der Waals surface area contributed by atoms with Crippen LogP contribution < -0.4 is 4.90 Å². The van der Waals surface area contributed by atoms with Crippen LogP contribution in [0, 0.1) is 0 Å². The molecule has 1 aliphatic carbocycles. The maximum absolute atomic E-state index is 11.6. The molecule has 1 aromatic carbocycles. The molecule has 0 heterocycles. The van der Waals surface area contributed by atoms with E-state index in [2.05, 4.69) is 33.8 Å². The topological polar surface area (TPSA) is 20.3 Å². The van der Waals surface area contributed by atoms with E-state index in [0.717, 1.165) is 22.3 Å². The van der Waals surface area contributed by atoms with Gasteiger partial charge in [0.15, 0.2) is 5.78 Å². The molecule has 0 spiro atoms. The number of carbonyl (C=O) groups excluding carboxylic acids is 1. The normalized spacial score (nSPS) is 14.9. The Hall–Kier alpha value is -0.830. The molecule has 1 fully saturated rings. The highest BCUT2D eigenvalue weighted by Crippen LogP contribution is 2.34. The van der Waals surface area contributed by atoms with E-state index in [9.17, 15) is 4.79 Å². The smallest absolute Gasteiger partial charge is 0.161 e. The molecule has 0 unspecified atom stereocenters. The molecule has 0 radical (unpaired) electrons. The monoisotopic (exact) mass is 281 g/mol. The molecule has 0 aromatic heterocycles. The van der Waals surface area contributed by atoms with Crippen molar-refractivity contribution in [1.82, 2.24) is 0 Å². The van der Waals surface area contributed by atoms with E-state index in [-0.39, 0.29) is 5.78 Å². The van der Waals surface area contributed by atoms with Crippen molar-refractivity contribution in [3.63, 3.8) is 0 Å². The summed E-state index contributed by atoms with van der Waals surface area (Å²) in [7, 11) is 0. The molecule has 2 rings (SSSR count). The zero-order chi connectivity index (χ0) is 11.7. The van der Waals surface area contributed by atoms with Crippen LogP contribution in [-0.2, 0) is 0 Å². The summed E-state index contributed by atoms with van der Waals surface area (Å²) in [5.74, 6) is 0.140. The van der Waals surface area contributed by atoms with Gasteiger partial charge in [-0.1, -0.05) is 15.9 Å². The van der Waals surface area contributed by atoms with Crippen molar-refractivity contribution < 1.29 is 4.79 Å². The summed E-state index contributed by atoms with van der Waals surface area (Å²) in [5.41, 5.74) is 1.91. The summed E-state index contributed by atoms with van der Waals surface area (Å²) in [5, 5.41) is 0. The summed E-state index contributed by atoms with van der Waals surface area (Å²) < 4.78 is 1.03. The molecule has 0 saturated heterocycles. The second-order valence-corrected chi connectivity index (χ2v) is 5.15. The third-order valence-electron chi connectivity index (χ3n) is 2.98. The van der Waals surface area contributed by atoms with Gasteiger partial charge in [-0.2, -0.15) is 0 Å². The Morgan fingerprint density at radius 3 is 2.69 bits per heavy atom. The number of ketones is 1. The molecule has 0 aliphatic heterocycles. The maximum atomic E-state index is 11.6. The van der Waals surface area contributed by atoms with E-state index in [1.54, 1.807) is 6.92 Å². The number of rotatable bonds is 4. The number of Topliss-reactive ketones (excluding diaryl/α,β-unsaturated/α-hetero) is 1. The predicted molar refractivity (Wildman–Crippen MR) is 70.2 cm³/mol. The van der Waals surface area contributed by atoms with Gasteiger partial charge < -0.3 is 4.90 Å². The molecule has 1 aliphatic rings. The van der Waals surface area contributed by atoms with E-state index in [1.165, 1.54) is 12.8 Å². The average Bonchev–Trinajstić information content (AvgIpc) is 3.03. The third-order valence-corrected chi connectivity index (χ3v) is 3.47. The van der Waals surface area contributed by atoms with Crippen LogP contribution in [-0.4, -0.2) is 18.4 Å². The first-order valence-electron chi connectivity index (χ1n) is 5.70. The Kier molecular flexibility index (Phi) is 3.33. The zero-order valence-electron chi connectivity index (χ0n) is 9.66. The Balaban J connectivity index is 2.42. The number of hydrogen-bond donors (Lipinski definition) is 0. The van der Waals surface area contributed by atoms with Crippen LogP contribution in [0.1, 0.15) is 37.0 Å². The first-order chi connectivity index (χ1) is 7.63. The van der Waals surface area contributed by atoms with Crippen LogP contribution in [0.5, 0.6) is 0 Å². The van der Waals surface area contributed by atoms with Crippen LogP contribution in [0.15, 0.2) is 22.7 Å². The summed E-state index contributed by atoms with van der Waals surface area (Å²) in [6, 6.07) is 6.53. The van der Waals surface area contributed by atoms with Crippen molar-refractivity contribution in [2.24, 2.45) is 0 Å². The molecular weight excluding hydrogens is 266 g/mol. The number of carbonyl (C=O) groups is 1. The Morgan fingerprint density at radius 1 is 1.50 bits per heavy atom. The van der Waals surface area contributed by atoms with Crippen LogP contribution in [0.2, 0.25) is 0 Å². The number of halogens is 1.